The van der Waals surface area contributed by atoms with Gasteiger partial charge >= 0.3 is 7.60 Å². The Morgan fingerprint density at radius 2 is 2.00 bits per heavy atom. The zero-order chi connectivity index (χ0) is 10.1. The Bertz CT molecular complexity index is 342. The van der Waals surface area contributed by atoms with E-state index in [1.807, 2.05) is 13.0 Å². The van der Waals surface area contributed by atoms with E-state index in [0.29, 0.717) is 5.56 Å². The minimum absolute atomic E-state index is 0.688. The van der Waals surface area contributed by atoms with Crippen molar-refractivity contribution in [2.45, 2.75) is 19.5 Å². The third kappa shape index (κ3) is 2.66. The van der Waals surface area contributed by atoms with Crippen molar-refractivity contribution in [3.63, 3.8) is 0 Å². The normalized spacial score (nSPS) is 14.2. The van der Waals surface area contributed by atoms with Crippen LogP contribution in [-0.4, -0.2) is 9.79 Å². The molecule has 0 saturated heterocycles. The average Bonchev–Trinajstić information content (AvgIpc) is 2.01. The van der Waals surface area contributed by atoms with Crippen LogP contribution in [0.25, 0.3) is 0 Å². The van der Waals surface area contributed by atoms with Crippen molar-refractivity contribution < 1.29 is 14.4 Å². The van der Waals surface area contributed by atoms with E-state index >= 15 is 0 Å². The third-order valence-electron chi connectivity index (χ3n) is 2.03. The summed E-state index contributed by atoms with van der Waals surface area (Å²) in [5.74, 6) is 0. The number of hydrogen-bond donors (Lipinski definition) is 2. The number of aryl methyl sites for hydroxylation is 1. The molecule has 0 radical (unpaired) electrons. The molecule has 0 heterocycles. The average molecular weight is 200 g/mol. The first-order valence-corrected chi connectivity index (χ1v) is 5.71. The van der Waals surface area contributed by atoms with Crippen molar-refractivity contribution in [1.82, 2.24) is 0 Å². The fourth-order valence-electron chi connectivity index (χ4n) is 1.12. The summed E-state index contributed by atoms with van der Waals surface area (Å²) in [5, 5.41) is 0. The molecule has 1 atom stereocenters. The van der Waals surface area contributed by atoms with Crippen LogP contribution in [0.4, 0.5) is 0 Å². The molecule has 0 amide bonds. The van der Waals surface area contributed by atoms with E-state index in [0.717, 1.165) is 5.56 Å². The third-order valence-corrected chi connectivity index (χ3v) is 3.34. The summed E-state index contributed by atoms with van der Waals surface area (Å²) in [7, 11) is -4.00. The number of rotatable bonds is 2. The molecule has 13 heavy (non-hydrogen) atoms. The monoisotopic (exact) mass is 200 g/mol. The van der Waals surface area contributed by atoms with Gasteiger partial charge in [-0.05, 0) is 19.4 Å². The maximum atomic E-state index is 10.9. The first-order chi connectivity index (χ1) is 5.91. The van der Waals surface area contributed by atoms with Crippen LogP contribution in [0.3, 0.4) is 0 Å². The quantitative estimate of drug-likeness (QED) is 0.719. The lowest BCUT2D eigenvalue weighted by Crippen LogP contribution is -1.94. The summed E-state index contributed by atoms with van der Waals surface area (Å²) in [5.41, 5.74) is 0.985. The van der Waals surface area contributed by atoms with E-state index in [2.05, 4.69) is 0 Å². The molecule has 1 aromatic carbocycles. The maximum absolute atomic E-state index is 10.9. The predicted octanol–water partition coefficient (Wildman–Crippen LogP) is 2.23. The van der Waals surface area contributed by atoms with E-state index < -0.39 is 13.3 Å². The molecule has 1 aromatic rings. The van der Waals surface area contributed by atoms with Crippen LogP contribution >= 0.6 is 7.60 Å². The van der Waals surface area contributed by atoms with Gasteiger partial charge in [0.15, 0.2) is 0 Å². The SMILES string of the molecule is Cc1cccc([C@@H](C)P(=O)(O)O)c1. The molecule has 4 heteroatoms. The Morgan fingerprint density at radius 1 is 1.38 bits per heavy atom. The highest BCUT2D eigenvalue weighted by molar-refractivity contribution is 7.52. The summed E-state index contributed by atoms with van der Waals surface area (Å²) in [4.78, 5) is 17.9. The maximum Gasteiger partial charge on any atom is 0.332 e. The molecule has 0 spiro atoms. The molecule has 1 rings (SSSR count). The van der Waals surface area contributed by atoms with Crippen molar-refractivity contribution in [3.8, 4) is 0 Å². The molecule has 0 unspecified atom stereocenters. The predicted molar refractivity (Wildman–Crippen MR) is 51.6 cm³/mol. The lowest BCUT2D eigenvalue weighted by atomic mass is 10.1. The lowest BCUT2D eigenvalue weighted by Gasteiger charge is -2.13. The highest BCUT2D eigenvalue weighted by atomic mass is 31.2. The Hall–Kier alpha value is -0.630. The van der Waals surface area contributed by atoms with Gasteiger partial charge in [0.1, 0.15) is 0 Å². The molecule has 0 saturated carbocycles. The molecule has 2 N–H and O–H groups in total. The lowest BCUT2D eigenvalue weighted by molar-refractivity contribution is 0.362. The van der Waals surface area contributed by atoms with Gasteiger partial charge in [-0.1, -0.05) is 29.8 Å². The van der Waals surface area contributed by atoms with Gasteiger partial charge in [-0.25, -0.2) is 0 Å². The van der Waals surface area contributed by atoms with Gasteiger partial charge in [0.05, 0.1) is 5.66 Å². The topological polar surface area (TPSA) is 57.5 Å². The van der Waals surface area contributed by atoms with E-state index in [1.165, 1.54) is 6.92 Å². The van der Waals surface area contributed by atoms with E-state index in [9.17, 15) is 4.57 Å². The van der Waals surface area contributed by atoms with Crippen LogP contribution in [-0.2, 0) is 4.57 Å². The molecule has 3 nitrogen and oxygen atoms in total. The van der Waals surface area contributed by atoms with Gasteiger partial charge in [-0.2, -0.15) is 0 Å². The van der Waals surface area contributed by atoms with Gasteiger partial charge < -0.3 is 9.79 Å². The summed E-state index contributed by atoms with van der Waals surface area (Å²) in [6.07, 6.45) is 0. The Kier molecular flexibility index (Phi) is 2.91. The van der Waals surface area contributed by atoms with E-state index in [1.54, 1.807) is 18.2 Å². The van der Waals surface area contributed by atoms with E-state index in [4.69, 9.17) is 9.79 Å². The second kappa shape index (κ2) is 3.62. The second-order valence-corrected chi connectivity index (χ2v) is 5.13. The van der Waals surface area contributed by atoms with Crippen LogP contribution in [0.1, 0.15) is 23.7 Å². The molecule has 0 aliphatic rings. The van der Waals surface area contributed by atoms with Gasteiger partial charge in [-0.15, -0.1) is 0 Å². The van der Waals surface area contributed by atoms with Gasteiger partial charge in [0.25, 0.3) is 0 Å². The van der Waals surface area contributed by atoms with Crippen LogP contribution in [0, 0.1) is 6.92 Å². The first kappa shape index (κ1) is 10.5. The molecule has 0 aromatic heterocycles. The molecule has 0 aliphatic carbocycles. The number of hydrogen-bond acceptors (Lipinski definition) is 1. The number of benzene rings is 1. The fourth-order valence-corrected chi connectivity index (χ4v) is 1.67. The van der Waals surface area contributed by atoms with Crippen LogP contribution in [0.2, 0.25) is 0 Å². The van der Waals surface area contributed by atoms with Gasteiger partial charge in [-0.3, -0.25) is 4.57 Å². The minimum Gasteiger partial charge on any atom is -0.324 e. The first-order valence-electron chi connectivity index (χ1n) is 4.03. The smallest absolute Gasteiger partial charge is 0.324 e. The highest BCUT2D eigenvalue weighted by Gasteiger charge is 2.25. The molecule has 72 valence electrons. The van der Waals surface area contributed by atoms with Crippen molar-refractivity contribution in [3.05, 3.63) is 35.4 Å². The van der Waals surface area contributed by atoms with Crippen molar-refractivity contribution >= 4 is 7.60 Å². The van der Waals surface area contributed by atoms with Gasteiger partial charge in [0.2, 0.25) is 0 Å². The van der Waals surface area contributed by atoms with E-state index in [-0.39, 0.29) is 0 Å². The Balaban J connectivity index is 3.02. The minimum atomic E-state index is -4.00. The summed E-state index contributed by atoms with van der Waals surface area (Å²) in [6, 6.07) is 7.23. The largest absolute Gasteiger partial charge is 0.332 e. The molecular formula is C9H13O3P. The fraction of sp³-hybridized carbons (Fsp3) is 0.333. The van der Waals surface area contributed by atoms with Gasteiger partial charge in [0, 0.05) is 0 Å². The Labute approximate surface area is 77.6 Å². The zero-order valence-corrected chi connectivity index (χ0v) is 8.53. The van der Waals surface area contributed by atoms with Crippen LogP contribution < -0.4 is 0 Å². The van der Waals surface area contributed by atoms with Crippen molar-refractivity contribution in [2.24, 2.45) is 0 Å². The Morgan fingerprint density at radius 3 is 2.46 bits per heavy atom. The zero-order valence-electron chi connectivity index (χ0n) is 7.64. The summed E-state index contributed by atoms with van der Waals surface area (Å²) < 4.78 is 10.9. The summed E-state index contributed by atoms with van der Waals surface area (Å²) >= 11 is 0. The van der Waals surface area contributed by atoms with Crippen molar-refractivity contribution in [1.29, 1.82) is 0 Å². The second-order valence-electron chi connectivity index (χ2n) is 3.18. The molecule has 0 aliphatic heterocycles. The highest BCUT2D eigenvalue weighted by Crippen LogP contribution is 2.51. The molecule has 0 fully saturated rings. The van der Waals surface area contributed by atoms with Crippen molar-refractivity contribution in [2.75, 3.05) is 0 Å². The molecule has 0 bridgehead atoms. The molecular weight excluding hydrogens is 187 g/mol. The van der Waals surface area contributed by atoms with Crippen LogP contribution in [0.15, 0.2) is 24.3 Å². The standard InChI is InChI=1S/C9H13O3P/c1-7-4-3-5-9(6-7)8(2)13(10,11)12/h3-6,8H,1-2H3,(H2,10,11,12)/t8-/m1/s1. The van der Waals surface area contributed by atoms with Crippen LogP contribution in [0.5, 0.6) is 0 Å². The summed E-state index contributed by atoms with van der Waals surface area (Å²) in [6.45, 7) is 3.44.